The summed E-state index contributed by atoms with van der Waals surface area (Å²) in [5, 5.41) is 5.15. The number of halogens is 1. The number of hydrogen-bond acceptors (Lipinski definition) is 2. The van der Waals surface area contributed by atoms with Crippen LogP contribution in [-0.2, 0) is 4.79 Å². The molecule has 0 saturated carbocycles. The Labute approximate surface area is 150 Å². The first-order chi connectivity index (χ1) is 12.5. The van der Waals surface area contributed by atoms with Gasteiger partial charge in [-0.25, -0.2) is 4.39 Å². The minimum atomic E-state index is -0.567. The lowest BCUT2D eigenvalue weighted by Gasteiger charge is -2.12. The summed E-state index contributed by atoms with van der Waals surface area (Å²) >= 11 is 0. The molecule has 2 amide bonds. The maximum absolute atomic E-state index is 13.7. The van der Waals surface area contributed by atoms with Crippen molar-refractivity contribution in [1.82, 2.24) is 0 Å². The SMILES string of the molecule is CC(=O)Nc1cc(NC(=O)c2ccccc2-c2ccccc2)ccc1F. The fraction of sp³-hybridized carbons (Fsp3) is 0.0476. The lowest BCUT2D eigenvalue weighted by molar-refractivity contribution is -0.114. The molecule has 0 aliphatic heterocycles. The summed E-state index contributed by atoms with van der Waals surface area (Å²) in [5.74, 6) is -1.27. The molecule has 4 nitrogen and oxygen atoms in total. The molecule has 0 saturated heterocycles. The molecule has 130 valence electrons. The number of carbonyl (C=O) groups excluding carboxylic acids is 2. The molecule has 3 aromatic carbocycles. The third-order valence-electron chi connectivity index (χ3n) is 3.79. The van der Waals surface area contributed by atoms with Gasteiger partial charge in [-0.1, -0.05) is 48.5 Å². The Hall–Kier alpha value is -3.47. The Balaban J connectivity index is 1.89. The van der Waals surface area contributed by atoms with Gasteiger partial charge in [0.2, 0.25) is 5.91 Å². The molecule has 0 unspecified atom stereocenters. The predicted molar refractivity (Wildman–Crippen MR) is 101 cm³/mol. The highest BCUT2D eigenvalue weighted by atomic mass is 19.1. The second-order valence-corrected chi connectivity index (χ2v) is 5.74. The monoisotopic (exact) mass is 348 g/mol. The molecule has 3 aromatic rings. The van der Waals surface area contributed by atoms with Crippen LogP contribution < -0.4 is 10.6 Å². The predicted octanol–water partition coefficient (Wildman–Crippen LogP) is 4.70. The van der Waals surface area contributed by atoms with E-state index in [1.165, 1.54) is 25.1 Å². The fourth-order valence-electron chi connectivity index (χ4n) is 2.64. The van der Waals surface area contributed by atoms with Gasteiger partial charge in [-0.15, -0.1) is 0 Å². The Morgan fingerprint density at radius 2 is 1.54 bits per heavy atom. The minimum Gasteiger partial charge on any atom is -0.324 e. The molecule has 0 bridgehead atoms. The van der Waals surface area contributed by atoms with E-state index in [1.807, 2.05) is 42.5 Å². The first kappa shape index (κ1) is 17.4. The molecule has 0 aromatic heterocycles. The average molecular weight is 348 g/mol. The van der Waals surface area contributed by atoms with Crippen molar-refractivity contribution >= 4 is 23.2 Å². The van der Waals surface area contributed by atoms with Crippen LogP contribution in [0.2, 0.25) is 0 Å². The Kier molecular flexibility index (Phi) is 5.08. The Morgan fingerprint density at radius 3 is 2.27 bits per heavy atom. The van der Waals surface area contributed by atoms with Gasteiger partial charge in [-0.3, -0.25) is 9.59 Å². The minimum absolute atomic E-state index is 0.0200. The van der Waals surface area contributed by atoms with Crippen LogP contribution in [0.4, 0.5) is 15.8 Å². The maximum atomic E-state index is 13.7. The van der Waals surface area contributed by atoms with E-state index >= 15 is 0 Å². The van der Waals surface area contributed by atoms with Gasteiger partial charge in [0.15, 0.2) is 0 Å². The van der Waals surface area contributed by atoms with Crippen molar-refractivity contribution < 1.29 is 14.0 Å². The molecule has 0 heterocycles. The molecular formula is C21H17FN2O2. The third-order valence-corrected chi connectivity index (χ3v) is 3.79. The van der Waals surface area contributed by atoms with Crippen LogP contribution in [0.1, 0.15) is 17.3 Å². The highest BCUT2D eigenvalue weighted by Gasteiger charge is 2.13. The van der Waals surface area contributed by atoms with E-state index < -0.39 is 5.82 Å². The second-order valence-electron chi connectivity index (χ2n) is 5.74. The largest absolute Gasteiger partial charge is 0.324 e. The summed E-state index contributed by atoms with van der Waals surface area (Å²) in [5.41, 5.74) is 2.64. The van der Waals surface area contributed by atoms with E-state index in [0.29, 0.717) is 11.3 Å². The van der Waals surface area contributed by atoms with E-state index in [0.717, 1.165) is 11.1 Å². The standard InChI is InChI=1S/C21H17FN2O2/c1-14(25)23-20-13-16(11-12-19(20)22)24-21(26)18-10-6-5-9-17(18)15-7-3-2-4-8-15/h2-13H,1H3,(H,23,25)(H,24,26). The van der Waals surface area contributed by atoms with Crippen LogP contribution in [0, 0.1) is 5.82 Å². The van der Waals surface area contributed by atoms with Crippen LogP contribution in [0.3, 0.4) is 0 Å². The van der Waals surface area contributed by atoms with Crippen LogP contribution in [0.5, 0.6) is 0 Å². The van der Waals surface area contributed by atoms with Gasteiger partial charge < -0.3 is 10.6 Å². The fourth-order valence-corrected chi connectivity index (χ4v) is 2.64. The smallest absolute Gasteiger partial charge is 0.256 e. The molecule has 3 rings (SSSR count). The van der Waals surface area contributed by atoms with Crippen molar-refractivity contribution in [1.29, 1.82) is 0 Å². The van der Waals surface area contributed by atoms with E-state index in [-0.39, 0.29) is 17.5 Å². The van der Waals surface area contributed by atoms with E-state index in [4.69, 9.17) is 0 Å². The molecule has 0 spiro atoms. The van der Waals surface area contributed by atoms with Crippen molar-refractivity contribution in [3.8, 4) is 11.1 Å². The van der Waals surface area contributed by atoms with Crippen molar-refractivity contribution in [3.63, 3.8) is 0 Å². The molecule has 0 atom stereocenters. The van der Waals surface area contributed by atoms with Crippen molar-refractivity contribution in [3.05, 3.63) is 84.2 Å². The van der Waals surface area contributed by atoms with Crippen LogP contribution in [0.25, 0.3) is 11.1 Å². The van der Waals surface area contributed by atoms with E-state index in [9.17, 15) is 14.0 Å². The van der Waals surface area contributed by atoms with Gasteiger partial charge >= 0.3 is 0 Å². The van der Waals surface area contributed by atoms with Crippen LogP contribution in [-0.4, -0.2) is 11.8 Å². The van der Waals surface area contributed by atoms with Gasteiger partial charge in [0.05, 0.1) is 5.69 Å². The molecule has 0 fully saturated rings. The van der Waals surface area contributed by atoms with E-state index in [1.54, 1.807) is 12.1 Å². The Morgan fingerprint density at radius 1 is 0.846 bits per heavy atom. The molecular weight excluding hydrogens is 331 g/mol. The summed E-state index contributed by atoms with van der Waals surface area (Å²) in [4.78, 5) is 23.9. The lowest BCUT2D eigenvalue weighted by atomic mass is 9.99. The van der Waals surface area contributed by atoms with Gasteiger partial charge in [-0.05, 0) is 35.4 Å². The van der Waals surface area contributed by atoms with Gasteiger partial charge in [-0.2, -0.15) is 0 Å². The number of nitrogens with one attached hydrogen (secondary N) is 2. The van der Waals surface area contributed by atoms with Crippen molar-refractivity contribution in [2.24, 2.45) is 0 Å². The summed E-state index contributed by atoms with van der Waals surface area (Å²) in [6.45, 7) is 1.29. The van der Waals surface area contributed by atoms with Crippen LogP contribution >= 0.6 is 0 Å². The molecule has 0 aliphatic carbocycles. The van der Waals surface area contributed by atoms with Gasteiger partial charge in [0.1, 0.15) is 5.82 Å². The zero-order chi connectivity index (χ0) is 18.5. The first-order valence-electron chi connectivity index (χ1n) is 8.07. The summed E-state index contributed by atoms with van der Waals surface area (Å²) < 4.78 is 13.7. The molecule has 0 radical (unpaired) electrons. The summed E-state index contributed by atoms with van der Waals surface area (Å²) in [6, 6.07) is 20.9. The second kappa shape index (κ2) is 7.61. The van der Waals surface area contributed by atoms with Crippen molar-refractivity contribution in [2.45, 2.75) is 6.92 Å². The number of amides is 2. The number of carbonyl (C=O) groups is 2. The first-order valence-corrected chi connectivity index (χ1v) is 8.07. The molecule has 0 aliphatic rings. The zero-order valence-corrected chi connectivity index (χ0v) is 14.1. The Bertz CT molecular complexity index is 955. The number of anilines is 2. The quantitative estimate of drug-likeness (QED) is 0.718. The molecule has 26 heavy (non-hydrogen) atoms. The third kappa shape index (κ3) is 3.95. The molecule has 2 N–H and O–H groups in total. The highest BCUT2D eigenvalue weighted by molar-refractivity contribution is 6.09. The average Bonchev–Trinajstić information content (AvgIpc) is 2.65. The van der Waals surface area contributed by atoms with Crippen LogP contribution in [0.15, 0.2) is 72.8 Å². The summed E-state index contributed by atoms with van der Waals surface area (Å²) in [7, 11) is 0. The number of hydrogen-bond donors (Lipinski definition) is 2. The van der Waals surface area contributed by atoms with Gasteiger partial charge in [0, 0.05) is 18.2 Å². The van der Waals surface area contributed by atoms with Gasteiger partial charge in [0.25, 0.3) is 5.91 Å². The maximum Gasteiger partial charge on any atom is 0.256 e. The van der Waals surface area contributed by atoms with E-state index in [2.05, 4.69) is 10.6 Å². The molecule has 5 heteroatoms. The number of rotatable bonds is 4. The summed E-state index contributed by atoms with van der Waals surface area (Å²) in [6.07, 6.45) is 0. The highest BCUT2D eigenvalue weighted by Crippen LogP contribution is 2.25. The zero-order valence-electron chi connectivity index (χ0n) is 14.1. The lowest BCUT2D eigenvalue weighted by Crippen LogP contribution is -2.14. The normalized spacial score (nSPS) is 10.2. The number of benzene rings is 3. The van der Waals surface area contributed by atoms with Crippen molar-refractivity contribution in [2.75, 3.05) is 10.6 Å². The topological polar surface area (TPSA) is 58.2 Å².